The third kappa shape index (κ3) is 3.00. The molecule has 8 heteroatoms. The summed E-state index contributed by atoms with van der Waals surface area (Å²) in [6, 6.07) is 7.43. The molecule has 1 unspecified atom stereocenters. The molecule has 0 saturated heterocycles. The third-order valence-corrected chi connectivity index (χ3v) is 2.83. The fourth-order valence-electron chi connectivity index (χ4n) is 1.17. The molecule has 0 amide bonds. The Balaban J connectivity index is 3.13. The molecule has 7 nitrogen and oxygen atoms in total. The Bertz CT molecular complexity index is 459. The lowest BCUT2D eigenvalue weighted by Crippen LogP contribution is -2.32. The van der Waals surface area contributed by atoms with E-state index >= 15 is 0 Å². The third-order valence-electron chi connectivity index (χ3n) is 1.77. The number of hydrogen-bond donors (Lipinski definition) is 3. The van der Waals surface area contributed by atoms with Crippen molar-refractivity contribution in [3.63, 3.8) is 0 Å². The zero-order valence-electron chi connectivity index (χ0n) is 8.03. The van der Waals surface area contributed by atoms with Crippen LogP contribution in [0.1, 0.15) is 10.8 Å². The van der Waals surface area contributed by atoms with Crippen LogP contribution in [0.4, 0.5) is 0 Å². The summed E-state index contributed by atoms with van der Waals surface area (Å²) in [6.07, 6.45) is 0. The van der Waals surface area contributed by atoms with Crippen LogP contribution in [0.25, 0.3) is 0 Å². The van der Waals surface area contributed by atoms with E-state index in [-0.39, 0.29) is 5.56 Å². The topological polar surface area (TPSA) is 119 Å². The summed E-state index contributed by atoms with van der Waals surface area (Å²) in [4.78, 5) is 15.4. The Morgan fingerprint density at radius 1 is 1.38 bits per heavy atom. The van der Waals surface area contributed by atoms with Crippen LogP contribution in [0, 0.1) is 0 Å². The van der Waals surface area contributed by atoms with Crippen molar-refractivity contribution >= 4 is 16.1 Å². The first kappa shape index (κ1) is 12.6. The molecule has 0 aliphatic carbocycles. The number of rotatable bonds is 4. The van der Waals surface area contributed by atoms with E-state index in [0.29, 0.717) is 0 Å². The second-order valence-corrected chi connectivity index (χ2v) is 4.35. The van der Waals surface area contributed by atoms with Crippen molar-refractivity contribution in [2.45, 2.75) is 5.25 Å². The van der Waals surface area contributed by atoms with Gasteiger partial charge in [-0.1, -0.05) is 35.9 Å². The van der Waals surface area contributed by atoms with Crippen molar-refractivity contribution in [3.05, 3.63) is 35.9 Å². The van der Waals surface area contributed by atoms with Crippen molar-refractivity contribution in [2.75, 3.05) is 0 Å². The minimum absolute atomic E-state index is 0.0882. The van der Waals surface area contributed by atoms with Crippen molar-refractivity contribution in [1.29, 1.82) is 0 Å². The van der Waals surface area contributed by atoms with Gasteiger partial charge >= 0.3 is 5.97 Å². The first-order valence-corrected chi connectivity index (χ1v) is 5.64. The van der Waals surface area contributed by atoms with Crippen LogP contribution in [0.15, 0.2) is 30.3 Å². The number of nitrogens with one attached hydrogen (secondary N) is 1. The SMILES string of the molecule is NNOC(=O)C(c1ccccc1)S(=O)(=O)O. The van der Waals surface area contributed by atoms with E-state index in [1.807, 2.05) is 0 Å². The van der Waals surface area contributed by atoms with E-state index in [1.165, 1.54) is 24.3 Å². The van der Waals surface area contributed by atoms with Crippen LogP contribution in [-0.4, -0.2) is 18.9 Å². The molecule has 0 bridgehead atoms. The molecule has 1 aromatic carbocycles. The molecule has 88 valence electrons. The Labute approximate surface area is 91.9 Å². The largest absolute Gasteiger partial charge is 0.354 e. The molecule has 0 spiro atoms. The van der Waals surface area contributed by atoms with Gasteiger partial charge in [0.1, 0.15) is 0 Å². The average Bonchev–Trinajstić information content (AvgIpc) is 2.17. The molecule has 0 aliphatic rings. The number of hydrogen-bond acceptors (Lipinski definition) is 6. The second-order valence-electron chi connectivity index (χ2n) is 2.84. The average molecular weight is 246 g/mol. The van der Waals surface area contributed by atoms with Crippen molar-refractivity contribution < 1.29 is 22.6 Å². The highest BCUT2D eigenvalue weighted by atomic mass is 32.2. The van der Waals surface area contributed by atoms with Gasteiger partial charge < -0.3 is 4.84 Å². The lowest BCUT2D eigenvalue weighted by Gasteiger charge is -2.11. The summed E-state index contributed by atoms with van der Waals surface area (Å²) < 4.78 is 31.0. The Morgan fingerprint density at radius 2 is 1.94 bits per heavy atom. The molecular formula is C8H10N2O5S. The van der Waals surface area contributed by atoms with Gasteiger partial charge in [-0.15, -0.1) is 0 Å². The van der Waals surface area contributed by atoms with Gasteiger partial charge in [-0.2, -0.15) is 8.42 Å². The van der Waals surface area contributed by atoms with E-state index in [0.717, 1.165) is 0 Å². The number of hydrazine groups is 1. The summed E-state index contributed by atoms with van der Waals surface area (Å²) >= 11 is 0. The van der Waals surface area contributed by atoms with Crippen LogP contribution in [0.5, 0.6) is 0 Å². The molecular weight excluding hydrogens is 236 g/mol. The van der Waals surface area contributed by atoms with E-state index in [4.69, 9.17) is 10.4 Å². The maximum atomic E-state index is 11.3. The van der Waals surface area contributed by atoms with Crippen LogP contribution >= 0.6 is 0 Å². The lowest BCUT2D eigenvalue weighted by molar-refractivity contribution is -0.150. The fourth-order valence-corrected chi connectivity index (χ4v) is 1.96. The van der Waals surface area contributed by atoms with Crippen LogP contribution in [0.3, 0.4) is 0 Å². The normalized spacial score (nSPS) is 13.1. The maximum absolute atomic E-state index is 11.3. The Kier molecular flexibility index (Phi) is 3.96. The second kappa shape index (κ2) is 5.03. The molecule has 0 aliphatic heterocycles. The molecule has 0 saturated carbocycles. The monoisotopic (exact) mass is 246 g/mol. The van der Waals surface area contributed by atoms with Crippen molar-refractivity contribution in [2.24, 2.45) is 5.84 Å². The molecule has 0 fully saturated rings. The van der Waals surface area contributed by atoms with Crippen molar-refractivity contribution in [1.82, 2.24) is 5.59 Å². The highest BCUT2D eigenvalue weighted by Gasteiger charge is 2.34. The van der Waals surface area contributed by atoms with Gasteiger partial charge in [-0.05, 0) is 5.56 Å². The van der Waals surface area contributed by atoms with E-state index in [1.54, 1.807) is 11.7 Å². The highest BCUT2D eigenvalue weighted by Crippen LogP contribution is 2.22. The predicted octanol–water partition coefficient (Wildman–Crippen LogP) is -0.463. The summed E-state index contributed by atoms with van der Waals surface area (Å²) in [6.45, 7) is 0. The molecule has 0 radical (unpaired) electrons. The number of carbonyl (C=O) groups excluding carboxylic acids is 1. The molecule has 0 heterocycles. The number of carbonyl (C=O) groups is 1. The summed E-state index contributed by atoms with van der Waals surface area (Å²) in [5.74, 6) is 3.51. The van der Waals surface area contributed by atoms with Gasteiger partial charge in [-0.25, -0.2) is 10.6 Å². The van der Waals surface area contributed by atoms with Gasteiger partial charge in [-0.3, -0.25) is 4.55 Å². The maximum Gasteiger partial charge on any atom is 0.351 e. The standard InChI is InChI=1S/C8H10N2O5S/c9-10-15-8(11)7(16(12,13)14)6-4-2-1-3-5-6/h1-5,7,10H,9H2,(H,12,13,14). The van der Waals surface area contributed by atoms with Crippen LogP contribution < -0.4 is 11.4 Å². The smallest absolute Gasteiger partial charge is 0.351 e. The minimum Gasteiger partial charge on any atom is -0.354 e. The highest BCUT2D eigenvalue weighted by molar-refractivity contribution is 7.86. The molecule has 4 N–H and O–H groups in total. The summed E-state index contributed by atoms with van der Waals surface area (Å²) in [5.41, 5.74) is 1.65. The lowest BCUT2D eigenvalue weighted by atomic mass is 10.1. The first-order chi connectivity index (χ1) is 7.46. The van der Waals surface area contributed by atoms with Gasteiger partial charge in [0.25, 0.3) is 10.1 Å². The zero-order valence-corrected chi connectivity index (χ0v) is 8.85. The van der Waals surface area contributed by atoms with E-state index in [2.05, 4.69) is 4.84 Å². The molecule has 1 aromatic rings. The Hall–Kier alpha value is -1.48. The van der Waals surface area contributed by atoms with E-state index in [9.17, 15) is 13.2 Å². The number of nitrogens with two attached hydrogens (primary N) is 1. The van der Waals surface area contributed by atoms with Crippen LogP contribution in [0.2, 0.25) is 0 Å². The molecule has 1 atom stereocenters. The molecule has 0 aromatic heterocycles. The van der Waals surface area contributed by atoms with Gasteiger partial charge in [0, 0.05) is 0 Å². The fraction of sp³-hybridized carbons (Fsp3) is 0.125. The van der Waals surface area contributed by atoms with Gasteiger partial charge in [0.2, 0.25) is 5.25 Å². The summed E-state index contributed by atoms with van der Waals surface area (Å²) in [5, 5.41) is -1.82. The van der Waals surface area contributed by atoms with Gasteiger partial charge in [0.15, 0.2) is 0 Å². The Morgan fingerprint density at radius 3 is 2.38 bits per heavy atom. The molecule has 1 rings (SSSR count). The quantitative estimate of drug-likeness (QED) is 0.373. The van der Waals surface area contributed by atoms with Gasteiger partial charge in [0.05, 0.1) is 0 Å². The van der Waals surface area contributed by atoms with Crippen molar-refractivity contribution in [3.8, 4) is 0 Å². The number of benzene rings is 1. The predicted molar refractivity (Wildman–Crippen MR) is 54.1 cm³/mol. The minimum atomic E-state index is -4.61. The molecule has 16 heavy (non-hydrogen) atoms. The zero-order chi connectivity index (χ0) is 12.2. The first-order valence-electron chi connectivity index (χ1n) is 4.14. The van der Waals surface area contributed by atoms with E-state index < -0.39 is 21.3 Å². The summed E-state index contributed by atoms with van der Waals surface area (Å²) in [7, 11) is -4.61. The van der Waals surface area contributed by atoms with Crippen LogP contribution in [-0.2, 0) is 19.8 Å².